The predicted octanol–water partition coefficient (Wildman–Crippen LogP) is 5.00. The molecule has 3 heteroatoms. The van der Waals surface area contributed by atoms with Crippen molar-refractivity contribution in [3.05, 3.63) is 0 Å². The van der Waals surface area contributed by atoms with E-state index in [0.29, 0.717) is 0 Å². The van der Waals surface area contributed by atoms with Crippen LogP contribution in [-0.2, 0) is 4.79 Å². The Balaban J connectivity index is 2.81. The summed E-state index contributed by atoms with van der Waals surface area (Å²) in [6.07, 6.45) is 10.0. The second kappa shape index (κ2) is 11.4. The molecule has 1 amide bonds. The molecule has 0 saturated carbocycles. The van der Waals surface area contributed by atoms with Crippen molar-refractivity contribution in [3.8, 4) is 9.86 Å². The van der Waals surface area contributed by atoms with Gasteiger partial charge in [-0.25, -0.2) is 0 Å². The molecule has 2 nitrogen and oxygen atoms in total. The maximum atomic E-state index is 12.3. The van der Waals surface area contributed by atoms with Crippen molar-refractivity contribution in [3.63, 3.8) is 0 Å². The summed E-state index contributed by atoms with van der Waals surface area (Å²) in [5.41, 5.74) is 0. The summed E-state index contributed by atoms with van der Waals surface area (Å²) < 4.78 is 7.78. The quantitative estimate of drug-likeness (QED) is 0.386. The second-order valence-electron chi connectivity index (χ2n) is 6.84. The molecule has 22 heavy (non-hydrogen) atoms. The molecule has 1 fully saturated rings. The van der Waals surface area contributed by atoms with E-state index < -0.39 is 18.4 Å². The second-order valence-corrected chi connectivity index (χ2v) is 19.1. The number of likely N-dealkylation sites (tertiary alicyclic amines) is 1. The van der Waals surface area contributed by atoms with Gasteiger partial charge in [0.05, 0.1) is 0 Å². The summed E-state index contributed by atoms with van der Waals surface area (Å²) in [4.78, 5) is 14.3. The maximum absolute atomic E-state index is 12.3. The minimum absolute atomic E-state index is 0.114. The number of rotatable bonds is 9. The summed E-state index contributed by atoms with van der Waals surface area (Å²) in [6, 6.07) is 0. The van der Waals surface area contributed by atoms with Crippen molar-refractivity contribution in [2.24, 2.45) is 0 Å². The molecule has 0 aromatic rings. The molecule has 126 valence electrons. The molecule has 0 atom stereocenters. The van der Waals surface area contributed by atoms with Gasteiger partial charge < -0.3 is 0 Å². The molecule has 0 aromatic carbocycles. The van der Waals surface area contributed by atoms with Gasteiger partial charge in [-0.2, -0.15) is 0 Å². The Morgan fingerprint density at radius 3 is 1.77 bits per heavy atom. The summed E-state index contributed by atoms with van der Waals surface area (Å²) >= 11 is -2.43. The van der Waals surface area contributed by atoms with Gasteiger partial charge in [-0.1, -0.05) is 0 Å². The van der Waals surface area contributed by atoms with Crippen LogP contribution in [0.4, 0.5) is 0 Å². The van der Waals surface area contributed by atoms with Gasteiger partial charge in [0, 0.05) is 0 Å². The van der Waals surface area contributed by atoms with E-state index in [1.54, 1.807) is 0 Å². The fourth-order valence-electron chi connectivity index (χ4n) is 3.29. The van der Waals surface area contributed by atoms with Crippen LogP contribution in [0, 0.1) is 9.86 Å². The number of amides is 1. The Morgan fingerprint density at radius 2 is 1.36 bits per heavy atom. The van der Waals surface area contributed by atoms with E-state index in [9.17, 15) is 4.79 Å². The number of carbonyl (C=O) groups is 1. The molecule has 0 spiro atoms. The van der Waals surface area contributed by atoms with Gasteiger partial charge in [-0.15, -0.1) is 0 Å². The third kappa shape index (κ3) is 6.94. The number of carbonyl (C=O) groups excluding carboxylic acids is 1. The van der Waals surface area contributed by atoms with E-state index in [1.165, 1.54) is 51.8 Å². The van der Waals surface area contributed by atoms with Crippen LogP contribution in [0.2, 0.25) is 13.3 Å². The standard InChI is InChI=1S/C7H8NO.3C4H9.Sn/c1-2-7(9)8-5-3-4-6-8;3*1-3-4-2;/h3-6H2;3*1,3-4H2,2H3;. The molecule has 1 rings (SSSR count). The molecular formula is C19H35NOSn. The number of nitrogens with zero attached hydrogens (tertiary/aromatic N) is 1. The summed E-state index contributed by atoms with van der Waals surface area (Å²) in [5.74, 6) is 3.24. The van der Waals surface area contributed by atoms with Crippen LogP contribution >= 0.6 is 0 Å². The first kappa shape index (κ1) is 19.9. The Labute approximate surface area is 142 Å². The average Bonchev–Trinajstić information content (AvgIpc) is 3.08. The Kier molecular flexibility index (Phi) is 10.3. The fourth-order valence-corrected chi connectivity index (χ4v) is 16.4. The molecule has 1 heterocycles. The topological polar surface area (TPSA) is 20.3 Å². The average molecular weight is 412 g/mol. The van der Waals surface area contributed by atoms with Gasteiger partial charge in [-0.05, 0) is 0 Å². The first-order chi connectivity index (χ1) is 10.7. The molecule has 1 aliphatic rings. The molecular weight excluding hydrogens is 377 g/mol. The van der Waals surface area contributed by atoms with Gasteiger partial charge in [0.15, 0.2) is 0 Å². The van der Waals surface area contributed by atoms with E-state index in [2.05, 4.69) is 30.6 Å². The van der Waals surface area contributed by atoms with E-state index in [0.717, 1.165) is 25.9 Å². The minimum atomic E-state index is -2.43. The van der Waals surface area contributed by atoms with Gasteiger partial charge in [-0.3, -0.25) is 0 Å². The van der Waals surface area contributed by atoms with Crippen LogP contribution in [0.1, 0.15) is 72.1 Å². The molecule has 1 aliphatic heterocycles. The Bertz CT molecular complexity index is 355. The van der Waals surface area contributed by atoms with Crippen molar-refractivity contribution in [1.29, 1.82) is 0 Å². The molecule has 0 aromatic heterocycles. The number of hydrogen-bond donors (Lipinski definition) is 0. The number of hydrogen-bond acceptors (Lipinski definition) is 1. The van der Waals surface area contributed by atoms with Crippen LogP contribution in [-0.4, -0.2) is 42.3 Å². The van der Waals surface area contributed by atoms with Gasteiger partial charge >= 0.3 is 142 Å². The molecule has 1 saturated heterocycles. The zero-order chi connectivity index (χ0) is 16.3. The van der Waals surface area contributed by atoms with Gasteiger partial charge in [0.2, 0.25) is 0 Å². The van der Waals surface area contributed by atoms with Crippen molar-refractivity contribution in [2.45, 2.75) is 85.4 Å². The van der Waals surface area contributed by atoms with Crippen molar-refractivity contribution >= 4 is 24.3 Å². The third-order valence-corrected chi connectivity index (χ3v) is 17.9. The Hall–Kier alpha value is -0.171. The van der Waals surface area contributed by atoms with Crippen LogP contribution < -0.4 is 0 Å². The zero-order valence-corrected chi connectivity index (χ0v) is 17.9. The van der Waals surface area contributed by atoms with E-state index in [-0.39, 0.29) is 5.91 Å². The monoisotopic (exact) mass is 413 g/mol. The van der Waals surface area contributed by atoms with Crippen molar-refractivity contribution in [2.75, 3.05) is 13.1 Å². The Morgan fingerprint density at radius 1 is 0.909 bits per heavy atom. The van der Waals surface area contributed by atoms with E-state index in [1.807, 2.05) is 4.90 Å². The van der Waals surface area contributed by atoms with Crippen LogP contribution in [0.15, 0.2) is 0 Å². The summed E-state index contributed by atoms with van der Waals surface area (Å²) in [6.45, 7) is 8.68. The van der Waals surface area contributed by atoms with Crippen LogP contribution in [0.5, 0.6) is 0 Å². The third-order valence-electron chi connectivity index (χ3n) is 4.85. The van der Waals surface area contributed by atoms with Crippen molar-refractivity contribution in [1.82, 2.24) is 4.90 Å². The SMILES string of the molecule is CCC[CH2][Sn]([C]#CC(=O)N1CCCC1)([CH2]CCC)[CH2]CCC. The molecule has 0 bridgehead atoms. The van der Waals surface area contributed by atoms with Crippen LogP contribution in [0.25, 0.3) is 0 Å². The van der Waals surface area contributed by atoms with E-state index >= 15 is 0 Å². The summed E-state index contributed by atoms with van der Waals surface area (Å²) in [7, 11) is 0. The fraction of sp³-hybridized carbons (Fsp3) is 0.842. The zero-order valence-electron chi connectivity index (χ0n) is 15.0. The summed E-state index contributed by atoms with van der Waals surface area (Å²) in [5, 5.41) is 0. The van der Waals surface area contributed by atoms with Gasteiger partial charge in [0.1, 0.15) is 0 Å². The first-order valence-electron chi connectivity index (χ1n) is 9.49. The normalized spacial score (nSPS) is 14.8. The number of unbranched alkanes of at least 4 members (excludes halogenated alkanes) is 3. The van der Waals surface area contributed by atoms with Crippen molar-refractivity contribution < 1.29 is 4.79 Å². The molecule has 0 unspecified atom stereocenters. The van der Waals surface area contributed by atoms with Gasteiger partial charge in [0.25, 0.3) is 0 Å². The predicted molar refractivity (Wildman–Crippen MR) is 98.5 cm³/mol. The molecule has 0 N–H and O–H groups in total. The molecule has 0 radical (unpaired) electrons. The first-order valence-corrected chi connectivity index (χ1v) is 17.0. The molecule has 0 aliphatic carbocycles. The van der Waals surface area contributed by atoms with Crippen LogP contribution in [0.3, 0.4) is 0 Å². The van der Waals surface area contributed by atoms with E-state index in [4.69, 9.17) is 0 Å².